The van der Waals surface area contributed by atoms with Gasteiger partial charge in [0.25, 0.3) is 11.5 Å². The summed E-state index contributed by atoms with van der Waals surface area (Å²) in [5, 5.41) is 16.9. The van der Waals surface area contributed by atoms with Crippen LogP contribution in [0.15, 0.2) is 29.2 Å². The summed E-state index contributed by atoms with van der Waals surface area (Å²) in [6, 6.07) is 4.55. The molecule has 0 unspecified atom stereocenters. The predicted molar refractivity (Wildman–Crippen MR) is 122 cm³/mol. The van der Waals surface area contributed by atoms with Crippen molar-refractivity contribution in [3.05, 3.63) is 45.3 Å². The molecule has 2 aromatic rings. The topological polar surface area (TPSA) is 160 Å². The highest BCUT2D eigenvalue weighted by Crippen LogP contribution is 2.36. The maximum absolute atomic E-state index is 12.7. The number of H-pyrrole nitrogens is 1. The summed E-state index contributed by atoms with van der Waals surface area (Å²) in [6.45, 7) is 3.71. The number of hydrogen-bond acceptors (Lipinski definition) is 8. The Balaban J connectivity index is 0.00000306. The van der Waals surface area contributed by atoms with Crippen molar-refractivity contribution >= 4 is 23.5 Å². The highest BCUT2D eigenvalue weighted by molar-refractivity contribution is 6.31. The number of anilines is 1. The molecule has 12 heteroatoms. The first-order chi connectivity index (χ1) is 15.5. The number of likely N-dealkylation sites (tertiary alicyclic amines) is 1. The van der Waals surface area contributed by atoms with E-state index in [0.29, 0.717) is 67.4 Å². The zero-order valence-corrected chi connectivity index (χ0v) is 18.7. The lowest BCUT2D eigenvalue weighted by atomic mass is 9.93. The largest absolute Gasteiger partial charge is 0.486 e. The van der Waals surface area contributed by atoms with Crippen LogP contribution in [0, 0.1) is 5.92 Å². The van der Waals surface area contributed by atoms with Crippen molar-refractivity contribution < 1.29 is 24.9 Å². The van der Waals surface area contributed by atoms with E-state index < -0.39 is 6.10 Å². The number of piperidine rings is 1. The molecular weight excluding hydrogens is 454 g/mol. The Hall–Kier alpha value is -2.86. The molecule has 2 atom stereocenters. The summed E-state index contributed by atoms with van der Waals surface area (Å²) >= 11 is 6.11. The van der Waals surface area contributed by atoms with Crippen LogP contribution in [-0.4, -0.2) is 83.4 Å². The van der Waals surface area contributed by atoms with Gasteiger partial charge >= 0.3 is 0 Å². The Kier molecular flexibility index (Phi) is 8.50. The number of nitrogens with zero attached hydrogens (tertiary/aromatic N) is 2. The van der Waals surface area contributed by atoms with Gasteiger partial charge in [-0.15, -0.1) is 0 Å². The zero-order chi connectivity index (χ0) is 22.5. The van der Waals surface area contributed by atoms with Gasteiger partial charge in [0.05, 0.1) is 11.7 Å². The molecule has 2 aliphatic rings. The normalized spacial score (nSPS) is 19.9. The Bertz CT molecular complexity index is 1020. The molecule has 0 radical (unpaired) electrons. The molecule has 1 amide bonds. The van der Waals surface area contributed by atoms with Crippen molar-refractivity contribution in [3.63, 3.8) is 0 Å². The second-order valence-corrected chi connectivity index (χ2v) is 8.25. The first-order valence-corrected chi connectivity index (χ1v) is 10.9. The highest BCUT2D eigenvalue weighted by atomic mass is 35.5. The molecular formula is C21H28ClN5O6. The van der Waals surface area contributed by atoms with Gasteiger partial charge in [-0.2, -0.15) is 0 Å². The number of aromatic amines is 1. The summed E-state index contributed by atoms with van der Waals surface area (Å²) in [6.07, 6.45) is 1.63. The van der Waals surface area contributed by atoms with Crippen molar-refractivity contribution in [1.29, 1.82) is 0 Å². The van der Waals surface area contributed by atoms with Crippen molar-refractivity contribution in [2.75, 3.05) is 51.3 Å². The van der Waals surface area contributed by atoms with Gasteiger partial charge in [-0.05, 0) is 19.0 Å². The van der Waals surface area contributed by atoms with Crippen LogP contribution >= 0.6 is 11.6 Å². The molecule has 0 bridgehead atoms. The third kappa shape index (κ3) is 6.35. The molecule has 1 fully saturated rings. The third-order valence-corrected chi connectivity index (χ3v) is 5.79. The summed E-state index contributed by atoms with van der Waals surface area (Å²) in [5.74, 6) is 0.925. The standard InChI is InChI=1S/C21H26ClN5O5.H2O/c22-14-9-15(19-17(10-14)31-7-8-32-19)20(30)25-11-13-2-5-27(12-16(13)28)6-4-24-21-23-3-1-18(29)26-21;/h1,3,9-10,13,16,28H,2,4-8,11-12H2,(H,25,30)(H2,23,24,26,29);1H2/t13-,16+;/m0./s1. The molecule has 1 saturated heterocycles. The van der Waals surface area contributed by atoms with Gasteiger partial charge in [-0.25, -0.2) is 4.98 Å². The van der Waals surface area contributed by atoms with E-state index in [0.717, 1.165) is 13.0 Å². The van der Waals surface area contributed by atoms with Crippen LogP contribution in [0.1, 0.15) is 16.8 Å². The lowest BCUT2D eigenvalue weighted by Gasteiger charge is -2.36. The van der Waals surface area contributed by atoms with E-state index in [2.05, 4.69) is 25.5 Å². The summed E-state index contributed by atoms with van der Waals surface area (Å²) < 4.78 is 11.1. The SMILES string of the molecule is O.O=C(NC[C@@H]1CCN(CCNc2nccc(=O)[nH]2)C[C@H]1O)c1cc(Cl)cc2c1OCCO2. The van der Waals surface area contributed by atoms with E-state index >= 15 is 0 Å². The summed E-state index contributed by atoms with van der Waals surface area (Å²) in [7, 11) is 0. The molecule has 0 spiro atoms. The number of aliphatic hydroxyl groups excluding tert-OH is 1. The fourth-order valence-electron chi connectivity index (χ4n) is 3.89. The minimum Gasteiger partial charge on any atom is -0.486 e. The van der Waals surface area contributed by atoms with Crippen molar-refractivity contribution in [3.8, 4) is 11.5 Å². The van der Waals surface area contributed by atoms with Crippen LogP contribution < -0.4 is 25.7 Å². The first kappa shape index (κ1) is 24.8. The van der Waals surface area contributed by atoms with Gasteiger partial charge in [0.2, 0.25) is 5.95 Å². The first-order valence-electron chi connectivity index (χ1n) is 10.6. The molecule has 4 rings (SSSR count). The monoisotopic (exact) mass is 481 g/mol. The third-order valence-electron chi connectivity index (χ3n) is 5.57. The number of amides is 1. The predicted octanol–water partition coefficient (Wildman–Crippen LogP) is -0.105. The van der Waals surface area contributed by atoms with E-state index in [9.17, 15) is 14.7 Å². The van der Waals surface area contributed by atoms with Gasteiger partial charge in [0.15, 0.2) is 11.5 Å². The number of ether oxygens (including phenoxy) is 2. The number of hydrogen-bond donors (Lipinski definition) is 4. The molecule has 180 valence electrons. The van der Waals surface area contributed by atoms with Crippen molar-refractivity contribution in [2.24, 2.45) is 5.92 Å². The minimum atomic E-state index is -0.563. The number of carbonyl (C=O) groups excluding carboxylic acids is 1. The molecule has 3 heterocycles. The quantitative estimate of drug-likeness (QED) is 0.426. The van der Waals surface area contributed by atoms with E-state index in [1.54, 1.807) is 12.1 Å². The molecule has 11 nitrogen and oxygen atoms in total. The number of rotatable bonds is 7. The fraction of sp³-hybridized carbons (Fsp3) is 0.476. The average Bonchev–Trinajstić information content (AvgIpc) is 2.78. The van der Waals surface area contributed by atoms with Gasteiger partial charge in [-0.3, -0.25) is 19.5 Å². The smallest absolute Gasteiger partial charge is 0.255 e. The Morgan fingerprint density at radius 1 is 1.33 bits per heavy atom. The van der Waals surface area contributed by atoms with Crippen LogP contribution in [0.3, 0.4) is 0 Å². The zero-order valence-electron chi connectivity index (χ0n) is 18.0. The molecule has 1 aromatic carbocycles. The number of halogens is 1. The fourth-order valence-corrected chi connectivity index (χ4v) is 4.10. The maximum atomic E-state index is 12.7. The van der Waals surface area contributed by atoms with Crippen LogP contribution in [0.2, 0.25) is 5.02 Å². The lowest BCUT2D eigenvalue weighted by molar-refractivity contribution is 0.0237. The van der Waals surface area contributed by atoms with E-state index in [1.165, 1.54) is 12.3 Å². The van der Waals surface area contributed by atoms with Gasteiger partial charge in [-0.1, -0.05) is 11.6 Å². The van der Waals surface area contributed by atoms with E-state index in [1.807, 2.05) is 0 Å². The number of benzene rings is 1. The summed E-state index contributed by atoms with van der Waals surface area (Å²) in [4.78, 5) is 32.8. The Morgan fingerprint density at radius 3 is 2.94 bits per heavy atom. The molecule has 6 N–H and O–H groups in total. The maximum Gasteiger partial charge on any atom is 0.255 e. The second kappa shape index (κ2) is 11.3. The van der Waals surface area contributed by atoms with Gasteiger partial charge in [0.1, 0.15) is 13.2 Å². The lowest BCUT2D eigenvalue weighted by Crippen LogP contribution is -2.48. The number of nitrogens with one attached hydrogen (secondary N) is 3. The molecule has 0 saturated carbocycles. The number of carbonyl (C=O) groups is 1. The van der Waals surface area contributed by atoms with Gasteiger partial charge in [0, 0.05) is 55.4 Å². The number of aliphatic hydroxyl groups is 1. The molecule has 2 aliphatic heterocycles. The van der Waals surface area contributed by atoms with Crippen LogP contribution in [0.4, 0.5) is 5.95 Å². The van der Waals surface area contributed by atoms with E-state index in [-0.39, 0.29) is 22.9 Å². The number of β-amino-alcohol motifs (C(OH)–C–C–N with tert-alkyl or cyclic N) is 1. The minimum absolute atomic E-state index is 0. The van der Waals surface area contributed by atoms with E-state index in [4.69, 9.17) is 21.1 Å². The molecule has 33 heavy (non-hydrogen) atoms. The Morgan fingerprint density at radius 2 is 2.15 bits per heavy atom. The van der Waals surface area contributed by atoms with Gasteiger partial charge < -0.3 is 30.7 Å². The molecule has 0 aliphatic carbocycles. The number of aromatic nitrogens is 2. The number of fused-ring (bicyclic) bond motifs is 1. The average molecular weight is 482 g/mol. The molecule has 1 aromatic heterocycles. The summed E-state index contributed by atoms with van der Waals surface area (Å²) in [5.41, 5.74) is 0.121. The Labute approximate surface area is 195 Å². The van der Waals surface area contributed by atoms with Crippen LogP contribution in [0.5, 0.6) is 11.5 Å². The van der Waals surface area contributed by atoms with Crippen molar-refractivity contribution in [2.45, 2.75) is 12.5 Å². The highest BCUT2D eigenvalue weighted by Gasteiger charge is 2.29. The van der Waals surface area contributed by atoms with Crippen LogP contribution in [0.25, 0.3) is 0 Å². The van der Waals surface area contributed by atoms with Crippen molar-refractivity contribution in [1.82, 2.24) is 20.2 Å². The van der Waals surface area contributed by atoms with Crippen LogP contribution in [-0.2, 0) is 0 Å². The second-order valence-electron chi connectivity index (χ2n) is 7.81.